The number of sulfonamides is 1. The van der Waals surface area contributed by atoms with E-state index in [0.717, 1.165) is 49.5 Å². The Hall–Kier alpha value is -4.02. The molecule has 10 heteroatoms. The number of ether oxygens (including phenoxy) is 1. The van der Waals surface area contributed by atoms with E-state index in [1.165, 1.54) is 18.5 Å². The van der Waals surface area contributed by atoms with E-state index in [-0.39, 0.29) is 0 Å². The van der Waals surface area contributed by atoms with Crippen LogP contribution in [0, 0.1) is 18.7 Å². The molecule has 0 bridgehead atoms. The number of aryl methyl sites for hydroxylation is 1. The largest absolute Gasteiger partial charge is 0.493 e. The molecule has 3 aromatic carbocycles. The van der Waals surface area contributed by atoms with Gasteiger partial charge >= 0.3 is 0 Å². The van der Waals surface area contributed by atoms with Crippen molar-refractivity contribution >= 4 is 27.2 Å². The van der Waals surface area contributed by atoms with E-state index in [2.05, 4.69) is 32.0 Å². The summed E-state index contributed by atoms with van der Waals surface area (Å²) in [6.45, 7) is 4.67. The minimum absolute atomic E-state index is 0.312. The van der Waals surface area contributed by atoms with Gasteiger partial charge in [0.05, 0.1) is 12.3 Å². The Labute approximate surface area is 234 Å². The third kappa shape index (κ3) is 6.94. The summed E-state index contributed by atoms with van der Waals surface area (Å²) in [4.78, 5) is 10.7. The van der Waals surface area contributed by atoms with Crippen LogP contribution in [0.4, 0.5) is 21.6 Å². The summed E-state index contributed by atoms with van der Waals surface area (Å²) < 4.78 is 47.9. The third-order valence-corrected chi connectivity index (χ3v) is 8.34. The summed E-state index contributed by atoms with van der Waals surface area (Å²) in [5, 5.41) is 3.21. The van der Waals surface area contributed by atoms with E-state index < -0.39 is 20.7 Å². The quantitative estimate of drug-likeness (QED) is 0.264. The topological polar surface area (TPSA) is 96.5 Å². The predicted molar refractivity (Wildman–Crippen MR) is 155 cm³/mol. The van der Waals surface area contributed by atoms with Crippen LogP contribution in [-0.2, 0) is 10.0 Å². The molecule has 1 aliphatic rings. The lowest BCUT2D eigenvalue weighted by atomic mass is 9.98. The van der Waals surface area contributed by atoms with Crippen molar-refractivity contribution in [3.8, 4) is 17.0 Å². The van der Waals surface area contributed by atoms with Crippen molar-refractivity contribution in [2.45, 2.75) is 24.7 Å². The molecule has 208 valence electrons. The zero-order valence-electron chi connectivity index (χ0n) is 22.5. The van der Waals surface area contributed by atoms with Crippen molar-refractivity contribution in [3.63, 3.8) is 0 Å². The van der Waals surface area contributed by atoms with Gasteiger partial charge in [0.15, 0.2) is 0 Å². The first-order chi connectivity index (χ1) is 19.2. The monoisotopic (exact) mass is 561 g/mol. The van der Waals surface area contributed by atoms with Crippen LogP contribution in [0.5, 0.6) is 5.75 Å². The van der Waals surface area contributed by atoms with E-state index in [4.69, 9.17) is 4.74 Å². The lowest BCUT2D eigenvalue weighted by Crippen LogP contribution is -2.32. The second kappa shape index (κ2) is 12.0. The lowest BCUT2D eigenvalue weighted by molar-refractivity contribution is 0.160. The van der Waals surface area contributed by atoms with Crippen LogP contribution >= 0.6 is 0 Å². The summed E-state index contributed by atoms with van der Waals surface area (Å²) in [7, 11) is -1.90. The van der Waals surface area contributed by atoms with Crippen molar-refractivity contribution in [2.24, 2.45) is 5.92 Å². The number of hydrogen-bond donors (Lipinski definition) is 2. The summed E-state index contributed by atoms with van der Waals surface area (Å²) in [5.74, 6) is 1.23. The summed E-state index contributed by atoms with van der Waals surface area (Å²) in [5.41, 5.74) is 3.34. The van der Waals surface area contributed by atoms with Gasteiger partial charge in [0.1, 0.15) is 28.6 Å². The molecular weight excluding hydrogens is 529 g/mol. The minimum atomic E-state index is -4.06. The van der Waals surface area contributed by atoms with Crippen molar-refractivity contribution in [3.05, 3.63) is 90.5 Å². The molecule has 1 fully saturated rings. The maximum Gasteiger partial charge on any atom is 0.264 e. The number of likely N-dealkylation sites (tertiary alicyclic amines) is 1. The fourth-order valence-corrected chi connectivity index (χ4v) is 5.67. The molecule has 0 amide bonds. The smallest absolute Gasteiger partial charge is 0.264 e. The number of benzene rings is 3. The van der Waals surface area contributed by atoms with Crippen LogP contribution in [0.2, 0.25) is 0 Å². The Morgan fingerprint density at radius 1 is 0.950 bits per heavy atom. The van der Waals surface area contributed by atoms with Gasteiger partial charge in [-0.05, 0) is 112 Å². The van der Waals surface area contributed by atoms with E-state index in [1.807, 2.05) is 30.3 Å². The number of aromatic nitrogens is 2. The molecule has 0 aliphatic carbocycles. The molecule has 2 heterocycles. The number of anilines is 3. The zero-order valence-corrected chi connectivity index (χ0v) is 23.3. The molecule has 4 aromatic rings. The zero-order chi connectivity index (χ0) is 28.1. The average molecular weight is 562 g/mol. The van der Waals surface area contributed by atoms with Crippen LogP contribution in [0.1, 0.15) is 18.4 Å². The molecule has 1 saturated heterocycles. The molecule has 0 spiro atoms. The molecule has 5 rings (SSSR count). The fraction of sp³-hybridized carbons (Fsp3) is 0.267. The van der Waals surface area contributed by atoms with Gasteiger partial charge in [-0.2, -0.15) is 0 Å². The maximum absolute atomic E-state index is 14.2. The van der Waals surface area contributed by atoms with Crippen molar-refractivity contribution in [1.82, 2.24) is 14.9 Å². The summed E-state index contributed by atoms with van der Waals surface area (Å²) in [6.07, 6.45) is 3.81. The van der Waals surface area contributed by atoms with Gasteiger partial charge in [0.25, 0.3) is 10.0 Å². The number of halogens is 1. The van der Waals surface area contributed by atoms with Gasteiger partial charge in [-0.25, -0.2) is 22.8 Å². The lowest BCUT2D eigenvalue weighted by Gasteiger charge is -2.28. The molecule has 1 aliphatic heterocycles. The molecule has 0 saturated carbocycles. The normalized spacial score (nSPS) is 14.6. The maximum atomic E-state index is 14.2. The van der Waals surface area contributed by atoms with Crippen LogP contribution in [0.15, 0.2) is 84.0 Å². The van der Waals surface area contributed by atoms with Gasteiger partial charge < -0.3 is 15.0 Å². The highest BCUT2D eigenvalue weighted by molar-refractivity contribution is 7.92. The molecule has 0 radical (unpaired) electrons. The molecule has 2 N–H and O–H groups in total. The van der Waals surface area contributed by atoms with E-state index in [9.17, 15) is 12.8 Å². The number of hydrogen-bond acceptors (Lipinski definition) is 7. The minimum Gasteiger partial charge on any atom is -0.493 e. The third-order valence-electron chi connectivity index (χ3n) is 6.93. The Kier molecular flexibility index (Phi) is 8.27. The first kappa shape index (κ1) is 27.5. The molecular formula is C30H32FN5O3S. The second-order valence-corrected chi connectivity index (χ2v) is 11.8. The van der Waals surface area contributed by atoms with Gasteiger partial charge in [0, 0.05) is 23.0 Å². The van der Waals surface area contributed by atoms with E-state index >= 15 is 0 Å². The Morgan fingerprint density at radius 3 is 2.35 bits per heavy atom. The Balaban J connectivity index is 1.19. The number of rotatable bonds is 9. The SMILES string of the molecule is Cc1ccc(S(=O)(=O)Nc2ccc(Nc3cc(-c4ccc(OCC5CCN(C)CC5)cc4)ncn3)cc2)c(F)c1. The van der Waals surface area contributed by atoms with Crippen molar-refractivity contribution in [2.75, 3.05) is 36.8 Å². The molecule has 0 atom stereocenters. The Morgan fingerprint density at radius 2 is 1.65 bits per heavy atom. The predicted octanol–water partition coefficient (Wildman–Crippen LogP) is 5.86. The molecule has 8 nitrogen and oxygen atoms in total. The van der Waals surface area contributed by atoms with Gasteiger partial charge in [-0.1, -0.05) is 6.07 Å². The van der Waals surface area contributed by atoms with Crippen LogP contribution in [0.3, 0.4) is 0 Å². The highest BCUT2D eigenvalue weighted by Gasteiger charge is 2.19. The highest BCUT2D eigenvalue weighted by atomic mass is 32.2. The van der Waals surface area contributed by atoms with Crippen molar-refractivity contribution < 1.29 is 17.5 Å². The first-order valence-electron chi connectivity index (χ1n) is 13.1. The van der Waals surface area contributed by atoms with Crippen LogP contribution < -0.4 is 14.8 Å². The average Bonchev–Trinajstić information content (AvgIpc) is 2.94. The standard InChI is InChI=1S/C30H32FN5O3S/c1-21-3-12-29(27(31)17-21)40(37,38)35-25-8-6-24(7-9-25)34-30-18-28(32-20-33-30)23-4-10-26(11-5-23)39-19-22-13-15-36(2)16-14-22/h3-12,17-18,20,22,35H,13-16,19H2,1-2H3,(H,32,33,34). The molecule has 40 heavy (non-hydrogen) atoms. The first-order valence-corrected chi connectivity index (χ1v) is 14.6. The summed E-state index contributed by atoms with van der Waals surface area (Å²) >= 11 is 0. The van der Waals surface area contributed by atoms with Crippen LogP contribution in [-0.4, -0.2) is 50.0 Å². The highest BCUT2D eigenvalue weighted by Crippen LogP contribution is 2.26. The van der Waals surface area contributed by atoms with Gasteiger partial charge in [0.2, 0.25) is 0 Å². The number of nitrogens with zero attached hydrogens (tertiary/aromatic N) is 3. The second-order valence-electron chi connectivity index (χ2n) is 10.1. The number of nitrogens with one attached hydrogen (secondary N) is 2. The van der Waals surface area contributed by atoms with Gasteiger partial charge in [-0.3, -0.25) is 4.72 Å². The fourth-order valence-electron chi connectivity index (χ4n) is 4.55. The molecule has 0 unspecified atom stereocenters. The summed E-state index contributed by atoms with van der Waals surface area (Å²) in [6, 6.07) is 20.3. The number of piperidine rings is 1. The van der Waals surface area contributed by atoms with Crippen LogP contribution in [0.25, 0.3) is 11.3 Å². The van der Waals surface area contributed by atoms with E-state index in [0.29, 0.717) is 28.7 Å². The van der Waals surface area contributed by atoms with Gasteiger partial charge in [-0.15, -0.1) is 0 Å². The van der Waals surface area contributed by atoms with Crippen molar-refractivity contribution in [1.29, 1.82) is 0 Å². The Bertz CT molecular complexity index is 1560. The molecule has 1 aromatic heterocycles. The van der Waals surface area contributed by atoms with E-state index in [1.54, 1.807) is 37.3 Å².